The van der Waals surface area contributed by atoms with E-state index in [1.165, 1.54) is 6.92 Å². The van der Waals surface area contributed by atoms with Crippen LogP contribution in [0.3, 0.4) is 0 Å². The number of anilines is 1. The molecule has 1 aromatic carbocycles. The van der Waals surface area contributed by atoms with Gasteiger partial charge in [0.1, 0.15) is 0 Å². The molecule has 0 spiro atoms. The molecule has 0 heterocycles. The molecule has 0 fully saturated rings. The number of benzene rings is 1. The number of nitrogens with one attached hydrogen (secondary N) is 1. The second kappa shape index (κ2) is 8.61. The van der Waals surface area contributed by atoms with E-state index in [2.05, 4.69) is 5.32 Å². The predicted molar refractivity (Wildman–Crippen MR) is 82.7 cm³/mol. The summed E-state index contributed by atoms with van der Waals surface area (Å²) >= 11 is 0. The zero-order valence-corrected chi connectivity index (χ0v) is 13.2. The highest BCUT2D eigenvalue weighted by atomic mass is 16.6. The normalized spacial score (nSPS) is 12.3. The van der Waals surface area contributed by atoms with Gasteiger partial charge in [-0.2, -0.15) is 0 Å². The lowest BCUT2D eigenvalue weighted by Gasteiger charge is -2.25. The Balaban J connectivity index is 2.34. The van der Waals surface area contributed by atoms with E-state index in [1.54, 1.807) is 23.9 Å². The molecule has 0 saturated heterocycles. The fourth-order valence-electron chi connectivity index (χ4n) is 1.64. The second-order valence-electron chi connectivity index (χ2n) is 5.01. The maximum absolute atomic E-state index is 11.1. The molecule has 0 radical (unpaired) electrons. The van der Waals surface area contributed by atoms with Crippen LogP contribution in [0, 0.1) is 0 Å². The number of rotatable bonds is 8. The van der Waals surface area contributed by atoms with Crippen molar-refractivity contribution in [1.29, 1.82) is 0 Å². The highest BCUT2D eigenvalue weighted by Crippen LogP contribution is 2.10. The largest absolute Gasteiger partial charge is 0.388 e. The van der Waals surface area contributed by atoms with Crippen molar-refractivity contribution >= 4 is 11.6 Å². The maximum Gasteiger partial charge on any atom is 0.219 e. The van der Waals surface area contributed by atoms with Gasteiger partial charge in [-0.1, -0.05) is 12.1 Å². The molecule has 6 nitrogen and oxygen atoms in total. The number of hydrogen-bond acceptors (Lipinski definition) is 5. The Morgan fingerprint density at radius 1 is 1.29 bits per heavy atom. The van der Waals surface area contributed by atoms with E-state index >= 15 is 0 Å². The van der Waals surface area contributed by atoms with Crippen molar-refractivity contribution in [3.8, 4) is 0 Å². The van der Waals surface area contributed by atoms with Crippen LogP contribution in [0.5, 0.6) is 0 Å². The summed E-state index contributed by atoms with van der Waals surface area (Å²) < 4.78 is 5.41. The van der Waals surface area contributed by atoms with Gasteiger partial charge < -0.3 is 20.1 Å². The first-order valence-corrected chi connectivity index (χ1v) is 6.92. The summed E-state index contributed by atoms with van der Waals surface area (Å²) in [6.45, 7) is 2.93. The van der Waals surface area contributed by atoms with Gasteiger partial charge in [-0.05, 0) is 24.7 Å². The molecule has 6 heteroatoms. The van der Waals surface area contributed by atoms with Crippen molar-refractivity contribution in [2.24, 2.45) is 0 Å². The van der Waals surface area contributed by atoms with Crippen LogP contribution in [0.25, 0.3) is 0 Å². The standard InChI is InChI=1S/C15H25N3O3/c1-12(19)17(3)9-10-18(4)15(20)21-11-13-5-7-14(16-2)8-6-13/h5-8,15-16,20H,9-11H2,1-4H3. The summed E-state index contributed by atoms with van der Waals surface area (Å²) in [6.07, 6.45) is -0.991. The van der Waals surface area contributed by atoms with Crippen LogP contribution in [-0.4, -0.2) is 61.5 Å². The topological polar surface area (TPSA) is 65.0 Å². The van der Waals surface area contributed by atoms with Crippen molar-refractivity contribution in [1.82, 2.24) is 9.80 Å². The van der Waals surface area contributed by atoms with E-state index in [-0.39, 0.29) is 5.91 Å². The molecule has 118 valence electrons. The third-order valence-electron chi connectivity index (χ3n) is 3.34. The Hall–Kier alpha value is -1.63. The minimum Gasteiger partial charge on any atom is -0.388 e. The summed E-state index contributed by atoms with van der Waals surface area (Å²) in [5, 5.41) is 13.0. The van der Waals surface area contributed by atoms with Gasteiger partial charge >= 0.3 is 0 Å². The Kier molecular flexibility index (Phi) is 7.14. The lowest BCUT2D eigenvalue weighted by molar-refractivity contribution is -0.192. The van der Waals surface area contributed by atoms with Crippen LogP contribution in [0.1, 0.15) is 12.5 Å². The summed E-state index contributed by atoms with van der Waals surface area (Å²) in [5.41, 5.74) is 2.02. The summed E-state index contributed by atoms with van der Waals surface area (Å²) in [7, 11) is 5.34. The molecule has 1 amide bonds. The highest BCUT2D eigenvalue weighted by molar-refractivity contribution is 5.72. The highest BCUT2D eigenvalue weighted by Gasteiger charge is 2.13. The summed E-state index contributed by atoms with van der Waals surface area (Å²) in [4.78, 5) is 14.3. The molecule has 1 aromatic rings. The molecule has 0 aromatic heterocycles. The predicted octanol–water partition coefficient (Wildman–Crippen LogP) is 0.931. The van der Waals surface area contributed by atoms with Crippen LogP contribution in [0.2, 0.25) is 0 Å². The average Bonchev–Trinajstić information content (AvgIpc) is 2.50. The number of aliphatic hydroxyl groups excluding tert-OH is 1. The van der Waals surface area contributed by atoms with E-state index in [1.807, 2.05) is 31.3 Å². The van der Waals surface area contributed by atoms with Gasteiger partial charge in [-0.3, -0.25) is 9.69 Å². The van der Waals surface area contributed by atoms with Crippen molar-refractivity contribution < 1.29 is 14.6 Å². The van der Waals surface area contributed by atoms with Gasteiger partial charge in [0.2, 0.25) is 12.3 Å². The number of likely N-dealkylation sites (N-methyl/N-ethyl adjacent to an activating group) is 2. The van der Waals surface area contributed by atoms with Gasteiger partial charge in [-0.15, -0.1) is 0 Å². The van der Waals surface area contributed by atoms with Crippen LogP contribution in [-0.2, 0) is 16.1 Å². The molecule has 21 heavy (non-hydrogen) atoms. The minimum absolute atomic E-state index is 0.00318. The Bertz CT molecular complexity index is 436. The van der Waals surface area contributed by atoms with Gasteiger partial charge in [0.25, 0.3) is 0 Å². The zero-order valence-electron chi connectivity index (χ0n) is 13.2. The van der Waals surface area contributed by atoms with E-state index in [9.17, 15) is 9.90 Å². The molecule has 1 atom stereocenters. The maximum atomic E-state index is 11.1. The fourth-order valence-corrected chi connectivity index (χ4v) is 1.64. The molecule has 0 saturated carbocycles. The smallest absolute Gasteiger partial charge is 0.219 e. The van der Waals surface area contributed by atoms with Crippen molar-refractivity contribution in [3.05, 3.63) is 29.8 Å². The lowest BCUT2D eigenvalue weighted by Crippen LogP contribution is -2.40. The van der Waals surface area contributed by atoms with Crippen LogP contribution in [0.15, 0.2) is 24.3 Å². The van der Waals surface area contributed by atoms with Crippen LogP contribution < -0.4 is 5.32 Å². The molecule has 0 aliphatic heterocycles. The molecular formula is C15H25N3O3. The molecule has 0 aliphatic rings. The van der Waals surface area contributed by atoms with E-state index in [0.29, 0.717) is 19.7 Å². The van der Waals surface area contributed by atoms with E-state index in [4.69, 9.17) is 4.74 Å². The number of hydrogen-bond donors (Lipinski definition) is 2. The van der Waals surface area contributed by atoms with Gasteiger partial charge in [0, 0.05) is 39.8 Å². The van der Waals surface area contributed by atoms with Crippen LogP contribution >= 0.6 is 0 Å². The monoisotopic (exact) mass is 295 g/mol. The third kappa shape index (κ3) is 6.12. The lowest BCUT2D eigenvalue weighted by atomic mass is 10.2. The molecule has 0 bridgehead atoms. The number of aliphatic hydroxyl groups is 1. The Labute approximate surface area is 126 Å². The summed E-state index contributed by atoms with van der Waals surface area (Å²) in [5.74, 6) is 0.00318. The molecule has 0 aliphatic carbocycles. The van der Waals surface area contributed by atoms with Gasteiger partial charge in [0.15, 0.2) is 0 Å². The minimum atomic E-state index is -0.991. The molecular weight excluding hydrogens is 270 g/mol. The average molecular weight is 295 g/mol. The quantitative estimate of drug-likeness (QED) is 0.699. The van der Waals surface area contributed by atoms with E-state index < -0.39 is 6.41 Å². The number of amides is 1. The zero-order chi connectivity index (χ0) is 15.8. The van der Waals surface area contributed by atoms with Gasteiger partial charge in [-0.25, -0.2) is 0 Å². The fraction of sp³-hybridized carbons (Fsp3) is 0.533. The van der Waals surface area contributed by atoms with E-state index in [0.717, 1.165) is 11.3 Å². The van der Waals surface area contributed by atoms with Crippen LogP contribution in [0.4, 0.5) is 5.69 Å². The number of carbonyl (C=O) groups excluding carboxylic acids is 1. The Morgan fingerprint density at radius 3 is 2.43 bits per heavy atom. The van der Waals surface area contributed by atoms with Crippen molar-refractivity contribution in [2.45, 2.75) is 19.9 Å². The summed E-state index contributed by atoms with van der Waals surface area (Å²) in [6, 6.07) is 7.80. The number of ether oxygens (including phenoxy) is 1. The SMILES string of the molecule is CNc1ccc(COC(O)N(C)CCN(C)C(C)=O)cc1. The second-order valence-corrected chi connectivity index (χ2v) is 5.01. The molecule has 1 unspecified atom stereocenters. The van der Waals surface area contributed by atoms with Gasteiger partial charge in [0.05, 0.1) is 6.61 Å². The molecule has 1 rings (SSSR count). The number of carbonyl (C=O) groups is 1. The molecule has 2 N–H and O–H groups in total. The first kappa shape index (κ1) is 17.4. The van der Waals surface area contributed by atoms with Crippen molar-refractivity contribution in [2.75, 3.05) is 39.5 Å². The first-order chi connectivity index (χ1) is 9.93. The number of nitrogens with zero attached hydrogens (tertiary/aromatic N) is 2. The Morgan fingerprint density at radius 2 is 1.90 bits per heavy atom. The van der Waals surface area contributed by atoms with Crippen molar-refractivity contribution in [3.63, 3.8) is 0 Å². The third-order valence-corrected chi connectivity index (χ3v) is 3.34. The first-order valence-electron chi connectivity index (χ1n) is 6.92.